The molecule has 140 valence electrons. The predicted octanol–water partition coefficient (Wildman–Crippen LogP) is 5.47. The average Bonchev–Trinajstić information content (AvgIpc) is 2.69. The zero-order valence-electron chi connectivity index (χ0n) is 15.3. The Labute approximate surface area is 169 Å². The van der Waals surface area contributed by atoms with Crippen molar-refractivity contribution in [2.24, 2.45) is 0 Å². The first kappa shape index (κ1) is 19.4. The number of rotatable bonds is 3. The molecule has 0 unspecified atom stereocenters. The van der Waals surface area contributed by atoms with Crippen molar-refractivity contribution in [2.45, 2.75) is 6.92 Å². The summed E-state index contributed by atoms with van der Waals surface area (Å²) in [5.74, 6) is -0.161. The van der Waals surface area contributed by atoms with E-state index >= 15 is 0 Å². The molecule has 1 aromatic heterocycles. The lowest BCUT2D eigenvalue weighted by atomic mass is 10.0. The monoisotopic (exact) mass is 389 g/mol. The van der Waals surface area contributed by atoms with Gasteiger partial charge in [0.2, 0.25) is 0 Å². The fourth-order valence-electron chi connectivity index (χ4n) is 3.14. The predicted molar refractivity (Wildman–Crippen MR) is 118 cm³/mol. The molecule has 0 spiro atoms. The standard InChI is InChI=1S/C23H19N3O.ClH/c1-15-12-21(24)20-14-19(10-11-22(20)25-15)26-23(27)18-9-5-8-17(13-18)16-6-3-2-4-7-16;/h2-14H,1H3,(H2,24,25)(H,26,27);1H. The van der Waals surface area contributed by atoms with Crippen LogP contribution in [0.3, 0.4) is 0 Å². The minimum atomic E-state index is -0.161. The number of nitrogens with one attached hydrogen (secondary N) is 1. The first-order valence-electron chi connectivity index (χ1n) is 8.74. The van der Waals surface area contributed by atoms with E-state index in [-0.39, 0.29) is 18.3 Å². The minimum absolute atomic E-state index is 0. The number of nitrogen functional groups attached to an aromatic ring is 1. The number of carbonyl (C=O) groups is 1. The Morgan fingerprint density at radius 3 is 2.43 bits per heavy atom. The van der Waals surface area contributed by atoms with E-state index in [0.29, 0.717) is 16.9 Å². The number of aryl methyl sites for hydroxylation is 1. The van der Waals surface area contributed by atoms with Gasteiger partial charge in [0.1, 0.15) is 0 Å². The zero-order valence-corrected chi connectivity index (χ0v) is 16.2. The SMILES string of the molecule is Cc1cc(N)c2cc(NC(=O)c3cccc(-c4ccccc4)c3)ccc2n1.Cl. The van der Waals surface area contributed by atoms with Crippen molar-refractivity contribution in [3.63, 3.8) is 0 Å². The summed E-state index contributed by atoms with van der Waals surface area (Å²) in [7, 11) is 0. The Kier molecular flexibility index (Phi) is 5.62. The lowest BCUT2D eigenvalue weighted by Gasteiger charge is -2.09. The number of nitrogens with two attached hydrogens (primary N) is 1. The van der Waals surface area contributed by atoms with Gasteiger partial charge in [0.25, 0.3) is 5.91 Å². The molecule has 4 nitrogen and oxygen atoms in total. The number of fused-ring (bicyclic) bond motifs is 1. The molecule has 0 fully saturated rings. The number of nitrogens with zero attached hydrogens (tertiary/aromatic N) is 1. The summed E-state index contributed by atoms with van der Waals surface area (Å²) in [5, 5.41) is 3.78. The van der Waals surface area contributed by atoms with Gasteiger partial charge in [-0.05, 0) is 54.4 Å². The number of pyridine rings is 1. The summed E-state index contributed by atoms with van der Waals surface area (Å²) < 4.78 is 0. The molecule has 3 N–H and O–H groups in total. The minimum Gasteiger partial charge on any atom is -0.398 e. The quantitative estimate of drug-likeness (QED) is 0.488. The summed E-state index contributed by atoms with van der Waals surface area (Å²) in [6.07, 6.45) is 0. The first-order valence-corrected chi connectivity index (χ1v) is 8.74. The molecule has 1 amide bonds. The van der Waals surface area contributed by atoms with Crippen LogP contribution in [0.2, 0.25) is 0 Å². The van der Waals surface area contributed by atoms with E-state index in [0.717, 1.165) is 27.7 Å². The summed E-state index contributed by atoms with van der Waals surface area (Å²) in [6.45, 7) is 1.91. The second kappa shape index (κ2) is 8.11. The first-order chi connectivity index (χ1) is 13.1. The fraction of sp³-hybridized carbons (Fsp3) is 0.0435. The maximum Gasteiger partial charge on any atom is 0.255 e. The maximum absolute atomic E-state index is 12.7. The summed E-state index contributed by atoms with van der Waals surface area (Å²) in [4.78, 5) is 17.2. The second-order valence-electron chi connectivity index (χ2n) is 6.49. The molecule has 0 saturated heterocycles. The highest BCUT2D eigenvalue weighted by Gasteiger charge is 2.09. The van der Waals surface area contributed by atoms with Crippen molar-refractivity contribution in [1.29, 1.82) is 0 Å². The van der Waals surface area contributed by atoms with E-state index < -0.39 is 0 Å². The van der Waals surface area contributed by atoms with Crippen molar-refractivity contribution in [2.75, 3.05) is 11.1 Å². The van der Waals surface area contributed by atoms with E-state index in [9.17, 15) is 4.79 Å². The van der Waals surface area contributed by atoms with Gasteiger partial charge in [0.15, 0.2) is 0 Å². The molecular weight excluding hydrogens is 370 g/mol. The maximum atomic E-state index is 12.7. The zero-order chi connectivity index (χ0) is 18.8. The van der Waals surface area contributed by atoms with Crippen LogP contribution in [0.4, 0.5) is 11.4 Å². The molecule has 0 aliphatic carbocycles. The molecule has 0 aliphatic heterocycles. The number of carbonyl (C=O) groups excluding carboxylic acids is 1. The van der Waals surface area contributed by atoms with Gasteiger partial charge in [-0.2, -0.15) is 0 Å². The van der Waals surface area contributed by atoms with Crippen molar-refractivity contribution >= 4 is 40.6 Å². The number of hydrogen-bond acceptors (Lipinski definition) is 3. The molecule has 4 rings (SSSR count). The largest absolute Gasteiger partial charge is 0.398 e. The van der Waals surface area contributed by atoms with Gasteiger partial charge in [-0.1, -0.05) is 42.5 Å². The Balaban J connectivity index is 0.00000225. The van der Waals surface area contributed by atoms with Gasteiger partial charge in [0, 0.05) is 28.0 Å². The third-order valence-electron chi connectivity index (χ3n) is 4.46. The van der Waals surface area contributed by atoms with E-state index in [4.69, 9.17) is 5.73 Å². The molecule has 0 saturated carbocycles. The number of hydrogen-bond donors (Lipinski definition) is 2. The lowest BCUT2D eigenvalue weighted by molar-refractivity contribution is 0.102. The van der Waals surface area contributed by atoms with Gasteiger partial charge >= 0.3 is 0 Å². The molecule has 5 heteroatoms. The molecule has 3 aromatic carbocycles. The van der Waals surface area contributed by atoms with Crippen molar-refractivity contribution in [3.05, 3.63) is 90.1 Å². The van der Waals surface area contributed by atoms with Crippen molar-refractivity contribution < 1.29 is 4.79 Å². The Hall–Kier alpha value is -3.37. The highest BCUT2D eigenvalue weighted by molar-refractivity contribution is 6.06. The molecule has 0 radical (unpaired) electrons. The average molecular weight is 390 g/mol. The molecule has 0 atom stereocenters. The van der Waals surface area contributed by atoms with Crippen LogP contribution >= 0.6 is 12.4 Å². The van der Waals surface area contributed by atoms with Crippen LogP contribution in [-0.4, -0.2) is 10.9 Å². The molecule has 28 heavy (non-hydrogen) atoms. The smallest absolute Gasteiger partial charge is 0.255 e. The second-order valence-corrected chi connectivity index (χ2v) is 6.49. The molecule has 1 heterocycles. The third kappa shape index (κ3) is 3.97. The molecular formula is C23H20ClN3O. The van der Waals surface area contributed by atoms with Crippen LogP contribution in [0.25, 0.3) is 22.0 Å². The van der Waals surface area contributed by atoms with E-state index in [1.165, 1.54) is 0 Å². The van der Waals surface area contributed by atoms with Gasteiger partial charge in [-0.15, -0.1) is 12.4 Å². The van der Waals surface area contributed by atoms with E-state index in [1.807, 2.05) is 85.8 Å². The van der Waals surface area contributed by atoms with Gasteiger partial charge in [-0.3, -0.25) is 9.78 Å². The number of amides is 1. The summed E-state index contributed by atoms with van der Waals surface area (Å²) >= 11 is 0. The van der Waals surface area contributed by atoms with Crippen molar-refractivity contribution in [1.82, 2.24) is 4.98 Å². The van der Waals surface area contributed by atoms with Crippen molar-refractivity contribution in [3.8, 4) is 11.1 Å². The van der Waals surface area contributed by atoms with Gasteiger partial charge in [0.05, 0.1) is 5.52 Å². The number of halogens is 1. The topological polar surface area (TPSA) is 68.0 Å². The number of benzene rings is 3. The normalized spacial score (nSPS) is 10.3. The van der Waals surface area contributed by atoms with Gasteiger partial charge < -0.3 is 11.1 Å². The van der Waals surface area contributed by atoms with Crippen LogP contribution in [0.1, 0.15) is 16.1 Å². The van der Waals surface area contributed by atoms with Crippen LogP contribution in [0.15, 0.2) is 78.9 Å². The van der Waals surface area contributed by atoms with Crippen LogP contribution < -0.4 is 11.1 Å². The number of anilines is 2. The molecule has 0 bridgehead atoms. The molecule has 0 aliphatic rings. The highest BCUT2D eigenvalue weighted by atomic mass is 35.5. The Morgan fingerprint density at radius 1 is 0.893 bits per heavy atom. The van der Waals surface area contributed by atoms with Crippen LogP contribution in [0, 0.1) is 6.92 Å². The Morgan fingerprint density at radius 2 is 1.64 bits per heavy atom. The Bertz CT molecular complexity index is 1140. The fourth-order valence-corrected chi connectivity index (χ4v) is 3.14. The van der Waals surface area contributed by atoms with Crippen LogP contribution in [0.5, 0.6) is 0 Å². The van der Waals surface area contributed by atoms with Gasteiger partial charge in [-0.25, -0.2) is 0 Å². The van der Waals surface area contributed by atoms with E-state index in [1.54, 1.807) is 0 Å². The molecule has 4 aromatic rings. The van der Waals surface area contributed by atoms with Crippen LogP contribution in [-0.2, 0) is 0 Å². The summed E-state index contributed by atoms with van der Waals surface area (Å²) in [6, 6.07) is 25.0. The third-order valence-corrected chi connectivity index (χ3v) is 4.46. The lowest BCUT2D eigenvalue weighted by Crippen LogP contribution is -2.12. The van der Waals surface area contributed by atoms with E-state index in [2.05, 4.69) is 10.3 Å². The number of aromatic nitrogens is 1. The summed E-state index contributed by atoms with van der Waals surface area (Å²) in [5.41, 5.74) is 11.8. The highest BCUT2D eigenvalue weighted by Crippen LogP contribution is 2.25.